The Morgan fingerprint density at radius 3 is 2.76 bits per heavy atom. The van der Waals surface area contributed by atoms with Crippen LogP contribution in [0.4, 0.5) is 0 Å². The fourth-order valence-electron chi connectivity index (χ4n) is 2.09. The van der Waals surface area contributed by atoms with E-state index in [-0.39, 0.29) is 0 Å². The van der Waals surface area contributed by atoms with Gasteiger partial charge in [0.25, 0.3) is 0 Å². The third kappa shape index (κ3) is 3.70. The summed E-state index contributed by atoms with van der Waals surface area (Å²) in [6.45, 7) is 4.29. The molecule has 3 heteroatoms. The number of hydrogen-bond acceptors (Lipinski definition) is 2. The van der Waals surface area contributed by atoms with Crippen LogP contribution in [0, 0.1) is 0 Å². The molecule has 2 rings (SSSR count). The fraction of sp³-hybridized carbons (Fsp3) is 0.571. The van der Waals surface area contributed by atoms with Crippen LogP contribution in [0.15, 0.2) is 24.3 Å². The smallest absolute Gasteiger partial charge is 0.0453 e. The minimum absolute atomic E-state index is 0.316. The van der Waals surface area contributed by atoms with Crippen LogP contribution in [-0.2, 0) is 0 Å². The van der Waals surface area contributed by atoms with Gasteiger partial charge in [0, 0.05) is 30.2 Å². The lowest BCUT2D eigenvalue weighted by molar-refractivity contribution is 0.316. The molecule has 0 aromatic heterocycles. The van der Waals surface area contributed by atoms with Gasteiger partial charge in [-0.25, -0.2) is 0 Å². The van der Waals surface area contributed by atoms with Crippen molar-refractivity contribution in [2.45, 2.75) is 31.8 Å². The van der Waals surface area contributed by atoms with E-state index in [0.717, 1.165) is 24.2 Å². The van der Waals surface area contributed by atoms with Crippen molar-refractivity contribution in [2.75, 3.05) is 20.1 Å². The first-order valence-corrected chi connectivity index (χ1v) is 6.74. The minimum Gasteiger partial charge on any atom is -0.309 e. The predicted molar refractivity (Wildman–Crippen MR) is 73.5 cm³/mol. The second-order valence-corrected chi connectivity index (χ2v) is 5.32. The van der Waals surface area contributed by atoms with Gasteiger partial charge in [-0.1, -0.05) is 29.8 Å². The molecule has 94 valence electrons. The topological polar surface area (TPSA) is 15.3 Å². The van der Waals surface area contributed by atoms with E-state index in [4.69, 9.17) is 11.6 Å². The maximum Gasteiger partial charge on any atom is 0.0453 e. The number of likely N-dealkylation sites (N-methyl/N-ethyl adjacent to an activating group) is 1. The summed E-state index contributed by atoms with van der Waals surface area (Å²) in [6, 6.07) is 9.20. The molecule has 1 fully saturated rings. The summed E-state index contributed by atoms with van der Waals surface area (Å²) >= 11 is 6.17. The Kier molecular flexibility index (Phi) is 4.43. The van der Waals surface area contributed by atoms with Crippen LogP contribution in [0.1, 0.15) is 31.4 Å². The molecule has 0 bridgehead atoms. The van der Waals surface area contributed by atoms with Crippen molar-refractivity contribution in [1.29, 1.82) is 0 Å². The molecule has 1 aromatic carbocycles. The molecule has 1 aliphatic carbocycles. The second kappa shape index (κ2) is 5.85. The van der Waals surface area contributed by atoms with E-state index in [1.54, 1.807) is 0 Å². The van der Waals surface area contributed by atoms with Crippen LogP contribution >= 0.6 is 11.6 Å². The van der Waals surface area contributed by atoms with Crippen molar-refractivity contribution in [3.05, 3.63) is 34.9 Å². The highest BCUT2D eigenvalue weighted by molar-refractivity contribution is 6.31. The number of halogens is 1. The van der Waals surface area contributed by atoms with Gasteiger partial charge in [-0.2, -0.15) is 0 Å². The van der Waals surface area contributed by atoms with Crippen molar-refractivity contribution in [1.82, 2.24) is 10.2 Å². The normalized spacial score (nSPS) is 17.4. The summed E-state index contributed by atoms with van der Waals surface area (Å²) < 4.78 is 0. The zero-order valence-electron chi connectivity index (χ0n) is 10.6. The third-order valence-corrected chi connectivity index (χ3v) is 3.80. The molecule has 0 amide bonds. The van der Waals surface area contributed by atoms with Gasteiger partial charge < -0.3 is 10.2 Å². The van der Waals surface area contributed by atoms with Gasteiger partial charge in [-0.05, 0) is 38.4 Å². The van der Waals surface area contributed by atoms with Crippen molar-refractivity contribution >= 4 is 11.6 Å². The zero-order valence-corrected chi connectivity index (χ0v) is 11.4. The molecular weight excluding hydrogens is 232 g/mol. The first-order valence-electron chi connectivity index (χ1n) is 6.36. The zero-order chi connectivity index (χ0) is 12.3. The summed E-state index contributed by atoms with van der Waals surface area (Å²) in [5.74, 6) is 0. The quantitative estimate of drug-likeness (QED) is 0.837. The molecule has 17 heavy (non-hydrogen) atoms. The SMILES string of the molecule is CC(NCCN(C)C1CC1)c1ccccc1Cl. The number of nitrogens with zero attached hydrogens (tertiary/aromatic N) is 1. The van der Waals surface area contributed by atoms with Gasteiger partial charge in [0.05, 0.1) is 0 Å². The molecule has 1 aromatic rings. The van der Waals surface area contributed by atoms with Crippen LogP contribution in [0.5, 0.6) is 0 Å². The van der Waals surface area contributed by atoms with Gasteiger partial charge in [0.15, 0.2) is 0 Å². The van der Waals surface area contributed by atoms with Gasteiger partial charge >= 0.3 is 0 Å². The van der Waals surface area contributed by atoms with Gasteiger partial charge in [-0.3, -0.25) is 0 Å². The van der Waals surface area contributed by atoms with Crippen LogP contribution in [-0.4, -0.2) is 31.1 Å². The fourth-order valence-corrected chi connectivity index (χ4v) is 2.39. The van der Waals surface area contributed by atoms with Crippen LogP contribution < -0.4 is 5.32 Å². The summed E-state index contributed by atoms with van der Waals surface area (Å²) in [6.07, 6.45) is 2.74. The Labute approximate surface area is 109 Å². The highest BCUT2D eigenvalue weighted by Gasteiger charge is 2.25. The average Bonchev–Trinajstić information content (AvgIpc) is 3.13. The van der Waals surface area contributed by atoms with Crippen molar-refractivity contribution in [3.63, 3.8) is 0 Å². The Bertz CT molecular complexity index is 363. The van der Waals surface area contributed by atoms with Crippen LogP contribution in [0.25, 0.3) is 0 Å². The van der Waals surface area contributed by atoms with E-state index in [2.05, 4.69) is 30.3 Å². The molecule has 1 saturated carbocycles. The number of nitrogens with one attached hydrogen (secondary N) is 1. The standard InChI is InChI=1S/C14H21ClN2/c1-11(13-5-3-4-6-14(13)15)16-9-10-17(2)12-7-8-12/h3-6,11-12,16H,7-10H2,1-2H3. The first-order chi connectivity index (χ1) is 8.18. The van der Waals surface area contributed by atoms with Crippen LogP contribution in [0.3, 0.4) is 0 Å². The molecular formula is C14H21ClN2. The lowest BCUT2D eigenvalue weighted by Crippen LogP contribution is -2.32. The molecule has 0 spiro atoms. The molecule has 1 N–H and O–H groups in total. The Morgan fingerprint density at radius 1 is 1.41 bits per heavy atom. The van der Waals surface area contributed by atoms with E-state index in [9.17, 15) is 0 Å². The van der Waals surface area contributed by atoms with E-state index >= 15 is 0 Å². The molecule has 0 aliphatic heterocycles. The Morgan fingerprint density at radius 2 is 2.12 bits per heavy atom. The minimum atomic E-state index is 0.316. The van der Waals surface area contributed by atoms with Crippen LogP contribution in [0.2, 0.25) is 5.02 Å². The van der Waals surface area contributed by atoms with E-state index in [1.807, 2.05) is 18.2 Å². The highest BCUT2D eigenvalue weighted by atomic mass is 35.5. The van der Waals surface area contributed by atoms with Gasteiger partial charge in [-0.15, -0.1) is 0 Å². The number of hydrogen-bond donors (Lipinski definition) is 1. The maximum absolute atomic E-state index is 6.17. The van der Waals surface area contributed by atoms with Gasteiger partial charge in [0.2, 0.25) is 0 Å². The van der Waals surface area contributed by atoms with Crippen molar-refractivity contribution in [2.24, 2.45) is 0 Å². The molecule has 0 saturated heterocycles. The first kappa shape index (κ1) is 12.9. The molecule has 1 aliphatic rings. The monoisotopic (exact) mass is 252 g/mol. The predicted octanol–water partition coefficient (Wildman–Crippen LogP) is 3.08. The Hall–Kier alpha value is -0.570. The lowest BCUT2D eigenvalue weighted by atomic mass is 10.1. The Balaban J connectivity index is 1.76. The number of benzene rings is 1. The lowest BCUT2D eigenvalue weighted by Gasteiger charge is -2.19. The van der Waals surface area contributed by atoms with E-state index < -0.39 is 0 Å². The highest BCUT2D eigenvalue weighted by Crippen LogP contribution is 2.25. The summed E-state index contributed by atoms with van der Waals surface area (Å²) in [5, 5.41) is 4.38. The van der Waals surface area contributed by atoms with Gasteiger partial charge in [0.1, 0.15) is 0 Å². The molecule has 0 heterocycles. The molecule has 1 atom stereocenters. The van der Waals surface area contributed by atoms with Crippen molar-refractivity contribution in [3.8, 4) is 0 Å². The maximum atomic E-state index is 6.17. The summed E-state index contributed by atoms with van der Waals surface area (Å²) in [5.41, 5.74) is 1.18. The summed E-state index contributed by atoms with van der Waals surface area (Å²) in [7, 11) is 2.21. The average molecular weight is 253 g/mol. The molecule has 1 unspecified atom stereocenters. The third-order valence-electron chi connectivity index (χ3n) is 3.46. The van der Waals surface area contributed by atoms with E-state index in [0.29, 0.717) is 6.04 Å². The van der Waals surface area contributed by atoms with E-state index in [1.165, 1.54) is 18.4 Å². The number of rotatable bonds is 6. The largest absolute Gasteiger partial charge is 0.309 e. The second-order valence-electron chi connectivity index (χ2n) is 4.91. The van der Waals surface area contributed by atoms with Crippen molar-refractivity contribution < 1.29 is 0 Å². The summed E-state index contributed by atoms with van der Waals surface area (Å²) in [4.78, 5) is 2.44. The molecule has 0 radical (unpaired) electrons. The molecule has 2 nitrogen and oxygen atoms in total.